The molecular formula is C13H9ClFNO2S. The molecule has 0 radical (unpaired) electrons. The average Bonchev–Trinajstić information content (AvgIpc) is 2.39. The Morgan fingerprint density at radius 3 is 2.53 bits per heavy atom. The summed E-state index contributed by atoms with van der Waals surface area (Å²) in [5.41, 5.74) is 0.698. The van der Waals surface area contributed by atoms with Crippen molar-refractivity contribution in [2.24, 2.45) is 0 Å². The van der Waals surface area contributed by atoms with Gasteiger partial charge in [-0.25, -0.2) is 4.39 Å². The van der Waals surface area contributed by atoms with Crippen molar-refractivity contribution in [2.45, 2.75) is 10.6 Å². The van der Waals surface area contributed by atoms with E-state index in [1.54, 1.807) is 18.2 Å². The molecule has 0 fully saturated rings. The van der Waals surface area contributed by atoms with Crippen LogP contribution in [-0.2, 0) is 5.75 Å². The number of hydrogen-bond acceptors (Lipinski definition) is 3. The molecule has 0 aliphatic carbocycles. The molecule has 0 saturated carbocycles. The van der Waals surface area contributed by atoms with Crippen LogP contribution in [0.2, 0.25) is 5.02 Å². The molecule has 0 atom stereocenters. The van der Waals surface area contributed by atoms with Gasteiger partial charge in [0.25, 0.3) is 5.69 Å². The van der Waals surface area contributed by atoms with Crippen molar-refractivity contribution in [1.82, 2.24) is 0 Å². The summed E-state index contributed by atoms with van der Waals surface area (Å²) in [6, 6.07) is 10.8. The lowest BCUT2D eigenvalue weighted by Gasteiger charge is -2.03. The molecule has 2 aromatic rings. The molecule has 0 bridgehead atoms. The Labute approximate surface area is 118 Å². The first-order valence-corrected chi connectivity index (χ1v) is 6.74. The molecule has 2 rings (SSSR count). The highest BCUT2D eigenvalue weighted by Crippen LogP contribution is 2.29. The lowest BCUT2D eigenvalue weighted by Crippen LogP contribution is -1.91. The van der Waals surface area contributed by atoms with E-state index in [1.165, 1.54) is 36.0 Å². The van der Waals surface area contributed by atoms with E-state index in [1.807, 2.05) is 0 Å². The standard InChI is InChI=1S/C13H9ClFNO2S/c14-12-6-1-9(7-13(12)16(17)18)8-19-11-4-2-10(15)3-5-11/h1-7H,8H2. The maximum atomic E-state index is 12.7. The molecule has 19 heavy (non-hydrogen) atoms. The van der Waals surface area contributed by atoms with Crippen molar-refractivity contribution >= 4 is 29.1 Å². The maximum Gasteiger partial charge on any atom is 0.288 e. The van der Waals surface area contributed by atoms with Crippen molar-refractivity contribution in [3.05, 3.63) is 69.0 Å². The highest BCUT2D eigenvalue weighted by molar-refractivity contribution is 7.98. The van der Waals surface area contributed by atoms with Crippen LogP contribution in [0.25, 0.3) is 0 Å². The lowest BCUT2D eigenvalue weighted by atomic mass is 10.2. The third-order valence-electron chi connectivity index (χ3n) is 2.43. The van der Waals surface area contributed by atoms with Crippen LogP contribution in [0.5, 0.6) is 0 Å². The van der Waals surface area contributed by atoms with Gasteiger partial charge in [-0.2, -0.15) is 0 Å². The number of benzene rings is 2. The molecule has 98 valence electrons. The summed E-state index contributed by atoms with van der Waals surface area (Å²) in [5, 5.41) is 10.9. The smallest absolute Gasteiger partial charge is 0.258 e. The Hall–Kier alpha value is -1.59. The highest BCUT2D eigenvalue weighted by atomic mass is 35.5. The summed E-state index contributed by atoms with van der Waals surface area (Å²) in [6.45, 7) is 0. The van der Waals surface area contributed by atoms with E-state index in [4.69, 9.17) is 11.6 Å². The number of rotatable bonds is 4. The van der Waals surface area contributed by atoms with Crippen LogP contribution in [0.1, 0.15) is 5.56 Å². The normalized spacial score (nSPS) is 10.4. The van der Waals surface area contributed by atoms with Gasteiger partial charge in [-0.1, -0.05) is 17.7 Å². The van der Waals surface area contributed by atoms with Crippen LogP contribution in [0.15, 0.2) is 47.4 Å². The number of hydrogen-bond donors (Lipinski definition) is 0. The molecule has 0 heterocycles. The van der Waals surface area contributed by atoms with Crippen LogP contribution in [0, 0.1) is 15.9 Å². The summed E-state index contributed by atoms with van der Waals surface area (Å²) < 4.78 is 12.7. The second-order valence-corrected chi connectivity index (χ2v) is 5.24. The summed E-state index contributed by atoms with van der Waals surface area (Å²) in [7, 11) is 0. The molecule has 0 N–H and O–H groups in total. The molecular weight excluding hydrogens is 289 g/mol. The first-order valence-electron chi connectivity index (χ1n) is 5.37. The van der Waals surface area contributed by atoms with Gasteiger partial charge >= 0.3 is 0 Å². The molecule has 0 aliphatic rings. The van der Waals surface area contributed by atoms with E-state index in [9.17, 15) is 14.5 Å². The van der Waals surface area contributed by atoms with E-state index in [0.29, 0.717) is 5.75 Å². The van der Waals surface area contributed by atoms with Crippen LogP contribution in [-0.4, -0.2) is 4.92 Å². The molecule has 6 heteroatoms. The van der Waals surface area contributed by atoms with Gasteiger partial charge in [-0.3, -0.25) is 10.1 Å². The fourth-order valence-corrected chi connectivity index (χ4v) is 2.51. The van der Waals surface area contributed by atoms with Crippen molar-refractivity contribution in [1.29, 1.82) is 0 Å². The third-order valence-corrected chi connectivity index (χ3v) is 3.83. The monoisotopic (exact) mass is 297 g/mol. The van der Waals surface area contributed by atoms with Gasteiger partial charge in [-0.05, 0) is 35.9 Å². The van der Waals surface area contributed by atoms with Crippen molar-refractivity contribution in [3.8, 4) is 0 Å². The summed E-state index contributed by atoms with van der Waals surface area (Å²) >= 11 is 7.21. The summed E-state index contributed by atoms with van der Waals surface area (Å²) in [4.78, 5) is 11.2. The van der Waals surface area contributed by atoms with Crippen molar-refractivity contribution in [2.75, 3.05) is 0 Å². The number of halogens is 2. The molecule has 0 saturated heterocycles. The minimum atomic E-state index is -0.506. The zero-order valence-corrected chi connectivity index (χ0v) is 11.2. The Bertz CT molecular complexity index is 604. The fourth-order valence-electron chi connectivity index (χ4n) is 1.49. The molecule has 0 aliphatic heterocycles. The van der Waals surface area contributed by atoms with Crippen LogP contribution >= 0.6 is 23.4 Å². The number of thioether (sulfide) groups is 1. The quantitative estimate of drug-likeness (QED) is 0.467. The van der Waals surface area contributed by atoms with Gasteiger partial charge in [0.15, 0.2) is 0 Å². The van der Waals surface area contributed by atoms with Gasteiger partial charge in [0.2, 0.25) is 0 Å². The lowest BCUT2D eigenvalue weighted by molar-refractivity contribution is -0.384. The first-order chi connectivity index (χ1) is 9.06. The van der Waals surface area contributed by atoms with Crippen molar-refractivity contribution < 1.29 is 9.31 Å². The number of nitrogens with zero attached hydrogens (tertiary/aromatic N) is 1. The highest BCUT2D eigenvalue weighted by Gasteiger charge is 2.12. The minimum Gasteiger partial charge on any atom is -0.258 e. The zero-order valence-electron chi connectivity index (χ0n) is 9.68. The van der Waals surface area contributed by atoms with Crippen LogP contribution < -0.4 is 0 Å². The number of nitro groups is 1. The predicted octanol–water partition coefficient (Wildman–Crippen LogP) is 4.68. The first kappa shape index (κ1) is 13.8. The van der Waals surface area contributed by atoms with Gasteiger partial charge in [-0.15, -0.1) is 11.8 Å². The Balaban J connectivity index is 2.09. The third kappa shape index (κ3) is 3.68. The van der Waals surface area contributed by atoms with Gasteiger partial charge in [0.05, 0.1) is 4.92 Å². The Morgan fingerprint density at radius 2 is 1.89 bits per heavy atom. The topological polar surface area (TPSA) is 43.1 Å². The SMILES string of the molecule is O=[N+]([O-])c1cc(CSc2ccc(F)cc2)ccc1Cl. The summed E-state index contributed by atoms with van der Waals surface area (Å²) in [6.07, 6.45) is 0. The molecule has 0 amide bonds. The molecule has 0 unspecified atom stereocenters. The second kappa shape index (κ2) is 6.04. The van der Waals surface area contributed by atoms with Gasteiger partial charge in [0, 0.05) is 16.7 Å². The Kier molecular flexibility index (Phi) is 4.39. The van der Waals surface area contributed by atoms with E-state index >= 15 is 0 Å². The minimum absolute atomic E-state index is 0.0983. The molecule has 3 nitrogen and oxygen atoms in total. The Morgan fingerprint density at radius 1 is 1.21 bits per heavy atom. The van der Waals surface area contributed by atoms with Crippen molar-refractivity contribution in [3.63, 3.8) is 0 Å². The zero-order chi connectivity index (χ0) is 13.8. The van der Waals surface area contributed by atoms with E-state index in [-0.39, 0.29) is 16.5 Å². The van der Waals surface area contributed by atoms with E-state index in [0.717, 1.165) is 10.5 Å². The maximum absolute atomic E-state index is 12.7. The largest absolute Gasteiger partial charge is 0.288 e. The van der Waals surface area contributed by atoms with E-state index in [2.05, 4.69) is 0 Å². The number of nitro benzene ring substituents is 1. The van der Waals surface area contributed by atoms with Gasteiger partial charge < -0.3 is 0 Å². The second-order valence-electron chi connectivity index (χ2n) is 3.79. The summed E-state index contributed by atoms with van der Waals surface area (Å²) in [5.74, 6) is 0.274. The van der Waals surface area contributed by atoms with Crippen LogP contribution in [0.3, 0.4) is 0 Å². The molecule has 0 aromatic heterocycles. The molecule has 2 aromatic carbocycles. The average molecular weight is 298 g/mol. The predicted molar refractivity (Wildman–Crippen MR) is 74.1 cm³/mol. The van der Waals surface area contributed by atoms with Crippen LogP contribution in [0.4, 0.5) is 10.1 Å². The van der Waals surface area contributed by atoms with E-state index < -0.39 is 4.92 Å². The molecule has 0 spiro atoms. The fraction of sp³-hybridized carbons (Fsp3) is 0.0769. The van der Waals surface area contributed by atoms with Gasteiger partial charge in [0.1, 0.15) is 10.8 Å².